The van der Waals surface area contributed by atoms with Crippen molar-refractivity contribution in [2.45, 2.75) is 52.0 Å². The van der Waals surface area contributed by atoms with Crippen LogP contribution in [0, 0.1) is 6.92 Å². The van der Waals surface area contributed by atoms with E-state index < -0.39 is 0 Å². The second-order valence-electron chi connectivity index (χ2n) is 7.49. The SMILES string of the molecule is Cc1cccc2c(C[C@H](C)NC(=O)c3c4c(nn3C)CCCC4)c[nH]c12. The van der Waals surface area contributed by atoms with Gasteiger partial charge in [0.2, 0.25) is 0 Å². The van der Waals surface area contributed by atoms with Gasteiger partial charge in [0.1, 0.15) is 5.69 Å². The molecule has 26 heavy (non-hydrogen) atoms. The number of rotatable bonds is 4. The van der Waals surface area contributed by atoms with Crippen molar-refractivity contribution in [1.82, 2.24) is 20.1 Å². The van der Waals surface area contributed by atoms with Gasteiger partial charge >= 0.3 is 0 Å². The number of nitrogens with one attached hydrogen (secondary N) is 2. The maximum atomic E-state index is 12.9. The van der Waals surface area contributed by atoms with E-state index >= 15 is 0 Å². The number of H-pyrrole nitrogens is 1. The van der Waals surface area contributed by atoms with Gasteiger partial charge in [-0.1, -0.05) is 18.2 Å². The Labute approximate surface area is 153 Å². The van der Waals surface area contributed by atoms with Crippen LogP contribution in [-0.4, -0.2) is 26.7 Å². The minimum Gasteiger partial charge on any atom is -0.361 e. The van der Waals surface area contributed by atoms with Crippen molar-refractivity contribution in [2.75, 3.05) is 0 Å². The molecule has 1 amide bonds. The maximum Gasteiger partial charge on any atom is 0.270 e. The van der Waals surface area contributed by atoms with Gasteiger partial charge in [-0.25, -0.2) is 0 Å². The lowest BCUT2D eigenvalue weighted by Crippen LogP contribution is -2.35. The molecule has 2 heterocycles. The summed E-state index contributed by atoms with van der Waals surface area (Å²) in [6.45, 7) is 4.18. The van der Waals surface area contributed by atoms with Crippen molar-refractivity contribution in [3.8, 4) is 0 Å². The first kappa shape index (κ1) is 16.9. The normalized spacial score (nSPS) is 15.0. The molecule has 0 bridgehead atoms. The summed E-state index contributed by atoms with van der Waals surface area (Å²) in [7, 11) is 1.88. The summed E-state index contributed by atoms with van der Waals surface area (Å²) in [6.07, 6.45) is 7.12. The predicted octanol–water partition coefficient (Wildman–Crippen LogP) is 3.45. The molecule has 0 saturated heterocycles. The number of aromatic nitrogens is 3. The van der Waals surface area contributed by atoms with E-state index in [1.54, 1.807) is 4.68 Å². The Morgan fingerprint density at radius 1 is 1.35 bits per heavy atom. The summed E-state index contributed by atoms with van der Waals surface area (Å²) >= 11 is 0. The van der Waals surface area contributed by atoms with E-state index in [1.807, 2.05) is 7.05 Å². The highest BCUT2D eigenvalue weighted by atomic mass is 16.2. The highest BCUT2D eigenvalue weighted by Crippen LogP contribution is 2.24. The largest absolute Gasteiger partial charge is 0.361 e. The number of aromatic amines is 1. The third-order valence-corrected chi connectivity index (χ3v) is 5.45. The fraction of sp³-hybridized carbons (Fsp3) is 0.429. The van der Waals surface area contributed by atoms with Crippen LogP contribution in [0.25, 0.3) is 10.9 Å². The smallest absolute Gasteiger partial charge is 0.270 e. The van der Waals surface area contributed by atoms with Gasteiger partial charge in [0.15, 0.2) is 0 Å². The number of fused-ring (bicyclic) bond motifs is 2. The van der Waals surface area contributed by atoms with Crippen LogP contribution < -0.4 is 5.32 Å². The van der Waals surface area contributed by atoms with Gasteiger partial charge in [-0.3, -0.25) is 9.48 Å². The predicted molar refractivity (Wildman–Crippen MR) is 104 cm³/mol. The van der Waals surface area contributed by atoms with Gasteiger partial charge in [0, 0.05) is 35.8 Å². The van der Waals surface area contributed by atoms with Crippen LogP contribution in [0.1, 0.15) is 52.6 Å². The molecule has 2 aromatic heterocycles. The Morgan fingerprint density at radius 2 is 2.15 bits per heavy atom. The molecule has 4 rings (SSSR count). The van der Waals surface area contributed by atoms with Crippen LogP contribution in [0.3, 0.4) is 0 Å². The first-order valence-electron chi connectivity index (χ1n) is 9.45. The zero-order chi connectivity index (χ0) is 18.3. The van der Waals surface area contributed by atoms with Crippen LogP contribution in [-0.2, 0) is 26.3 Å². The third kappa shape index (κ3) is 2.91. The lowest BCUT2D eigenvalue weighted by molar-refractivity contribution is 0.0929. The molecular formula is C21H26N4O. The van der Waals surface area contributed by atoms with Gasteiger partial charge in [-0.15, -0.1) is 0 Å². The Hall–Kier alpha value is -2.56. The van der Waals surface area contributed by atoms with Gasteiger partial charge in [-0.05, 0) is 57.1 Å². The Morgan fingerprint density at radius 3 is 3.00 bits per heavy atom. The molecule has 0 unspecified atom stereocenters. The first-order valence-corrected chi connectivity index (χ1v) is 9.45. The Kier molecular flexibility index (Phi) is 4.31. The number of carbonyl (C=O) groups excluding carboxylic acids is 1. The summed E-state index contributed by atoms with van der Waals surface area (Å²) < 4.78 is 1.76. The standard InChI is InChI=1S/C21H26N4O/c1-13-7-6-9-16-15(12-22-19(13)16)11-14(2)23-21(26)20-17-8-4-5-10-18(17)24-25(20)3/h6-7,9,12,14,22H,4-5,8,10-11H2,1-3H3,(H,23,26)/t14-/m0/s1. The molecule has 0 saturated carbocycles. The quantitative estimate of drug-likeness (QED) is 0.757. The van der Waals surface area contributed by atoms with E-state index in [-0.39, 0.29) is 11.9 Å². The molecular weight excluding hydrogens is 324 g/mol. The van der Waals surface area contributed by atoms with Crippen LogP contribution in [0.2, 0.25) is 0 Å². The summed E-state index contributed by atoms with van der Waals surface area (Å²) in [5.41, 5.74) is 6.65. The van der Waals surface area contributed by atoms with Gasteiger partial charge in [0.25, 0.3) is 5.91 Å². The second-order valence-corrected chi connectivity index (χ2v) is 7.49. The summed E-state index contributed by atoms with van der Waals surface area (Å²) in [5, 5.41) is 8.97. The van der Waals surface area contributed by atoms with Gasteiger partial charge in [-0.2, -0.15) is 5.10 Å². The number of carbonyl (C=O) groups is 1. The summed E-state index contributed by atoms with van der Waals surface area (Å²) in [6, 6.07) is 6.39. The van der Waals surface area contributed by atoms with Crippen molar-refractivity contribution < 1.29 is 4.79 Å². The van der Waals surface area contributed by atoms with Crippen molar-refractivity contribution in [3.05, 3.63) is 52.5 Å². The molecule has 1 atom stereocenters. The average Bonchev–Trinajstić information content (AvgIpc) is 3.16. The minimum absolute atomic E-state index is 0.00771. The fourth-order valence-corrected chi connectivity index (χ4v) is 4.17. The van der Waals surface area contributed by atoms with Gasteiger partial charge in [0.05, 0.1) is 5.69 Å². The van der Waals surface area contributed by atoms with Crippen LogP contribution in [0.5, 0.6) is 0 Å². The summed E-state index contributed by atoms with van der Waals surface area (Å²) in [5.74, 6) is -0.00771. The van der Waals surface area contributed by atoms with E-state index in [0.717, 1.165) is 42.6 Å². The number of nitrogens with zero attached hydrogens (tertiary/aromatic N) is 2. The van der Waals surface area contributed by atoms with Crippen LogP contribution in [0.15, 0.2) is 24.4 Å². The molecule has 1 aliphatic carbocycles. The molecule has 0 aliphatic heterocycles. The summed E-state index contributed by atoms with van der Waals surface area (Å²) in [4.78, 5) is 16.2. The van der Waals surface area contributed by atoms with Crippen molar-refractivity contribution >= 4 is 16.8 Å². The van der Waals surface area contributed by atoms with Gasteiger partial charge < -0.3 is 10.3 Å². The molecule has 5 heteroatoms. The van der Waals surface area contributed by atoms with Crippen LogP contribution in [0.4, 0.5) is 0 Å². The molecule has 0 spiro atoms. The molecule has 0 fully saturated rings. The minimum atomic E-state index is -0.00771. The van der Waals surface area contributed by atoms with E-state index in [4.69, 9.17) is 0 Å². The number of amides is 1. The molecule has 3 aromatic rings. The zero-order valence-electron chi connectivity index (χ0n) is 15.7. The third-order valence-electron chi connectivity index (χ3n) is 5.45. The highest BCUT2D eigenvalue weighted by Gasteiger charge is 2.24. The monoisotopic (exact) mass is 350 g/mol. The number of benzene rings is 1. The first-order chi connectivity index (χ1) is 12.5. The van der Waals surface area contributed by atoms with E-state index in [1.165, 1.54) is 28.5 Å². The maximum absolute atomic E-state index is 12.9. The number of aryl methyl sites for hydroxylation is 3. The second kappa shape index (κ2) is 6.63. The molecule has 0 radical (unpaired) electrons. The molecule has 1 aromatic carbocycles. The molecule has 1 aliphatic rings. The highest BCUT2D eigenvalue weighted by molar-refractivity contribution is 5.94. The van der Waals surface area contributed by atoms with Crippen molar-refractivity contribution in [2.24, 2.45) is 7.05 Å². The number of hydrogen-bond donors (Lipinski definition) is 2. The average molecular weight is 350 g/mol. The number of para-hydroxylation sites is 1. The molecule has 2 N–H and O–H groups in total. The lowest BCUT2D eigenvalue weighted by Gasteiger charge is -2.16. The lowest BCUT2D eigenvalue weighted by atomic mass is 9.95. The van der Waals surface area contributed by atoms with E-state index in [2.05, 4.69) is 53.6 Å². The molecule has 5 nitrogen and oxygen atoms in total. The Bertz CT molecular complexity index is 966. The Balaban J connectivity index is 1.51. The molecule has 136 valence electrons. The van der Waals surface area contributed by atoms with Crippen molar-refractivity contribution in [1.29, 1.82) is 0 Å². The fourth-order valence-electron chi connectivity index (χ4n) is 4.17. The van der Waals surface area contributed by atoms with E-state index in [0.29, 0.717) is 0 Å². The number of hydrogen-bond acceptors (Lipinski definition) is 2. The topological polar surface area (TPSA) is 62.7 Å². The van der Waals surface area contributed by atoms with E-state index in [9.17, 15) is 4.79 Å². The van der Waals surface area contributed by atoms with Crippen LogP contribution >= 0.6 is 0 Å². The zero-order valence-corrected chi connectivity index (χ0v) is 15.7. The van der Waals surface area contributed by atoms with Crippen molar-refractivity contribution in [3.63, 3.8) is 0 Å².